The zero-order chi connectivity index (χ0) is 18.6. The summed E-state index contributed by atoms with van der Waals surface area (Å²) in [4.78, 5) is 2.17. The Labute approximate surface area is 160 Å². The minimum Gasteiger partial charge on any atom is -0.377 e. The summed E-state index contributed by atoms with van der Waals surface area (Å²) in [6.45, 7) is 0. The van der Waals surface area contributed by atoms with Gasteiger partial charge in [-0.2, -0.15) is 0 Å². The average Bonchev–Trinajstić information content (AvgIpc) is 2.72. The summed E-state index contributed by atoms with van der Waals surface area (Å²) >= 11 is 0. The first kappa shape index (κ1) is 16.9. The second-order valence-corrected chi connectivity index (χ2v) is 6.80. The fourth-order valence-electron chi connectivity index (χ4n) is 3.24. The molecule has 0 spiro atoms. The summed E-state index contributed by atoms with van der Waals surface area (Å²) in [6.07, 6.45) is 0. The summed E-state index contributed by atoms with van der Waals surface area (Å²) in [6, 6.07) is 31.6. The summed E-state index contributed by atoms with van der Waals surface area (Å²) in [7, 11) is 4.18. The van der Waals surface area contributed by atoms with Gasteiger partial charge in [-0.1, -0.05) is 66.4 Å². The fraction of sp³-hybridized carbons (Fsp3) is 0.0769. The molecule has 4 rings (SSSR count). The molecule has 0 N–H and O–H groups in total. The molecule has 0 aliphatic carbocycles. The van der Waals surface area contributed by atoms with E-state index in [9.17, 15) is 0 Å². The number of hydrogen-bond donors (Lipinski definition) is 0. The van der Waals surface area contributed by atoms with Gasteiger partial charge in [-0.15, -0.1) is 0 Å². The Morgan fingerprint density at radius 2 is 1.22 bits per heavy atom. The third-order valence-electron chi connectivity index (χ3n) is 4.66. The van der Waals surface area contributed by atoms with Crippen molar-refractivity contribution in [2.75, 3.05) is 19.0 Å². The van der Waals surface area contributed by atoms with Crippen molar-refractivity contribution in [2.45, 2.75) is 0 Å². The maximum Gasteiger partial charge on any atom is 0.0446 e. The highest BCUT2D eigenvalue weighted by Crippen LogP contribution is 2.32. The number of fused-ring (bicyclic) bond motifs is 1. The van der Waals surface area contributed by atoms with E-state index in [2.05, 4.69) is 91.5 Å². The molecule has 0 fully saturated rings. The predicted octanol–water partition coefficient (Wildman–Crippen LogP) is 5.97. The van der Waals surface area contributed by atoms with Crippen LogP contribution < -0.4 is 4.90 Å². The van der Waals surface area contributed by atoms with E-state index in [4.69, 9.17) is 0 Å². The molecule has 0 radical (unpaired) electrons. The summed E-state index contributed by atoms with van der Waals surface area (Å²) in [5.74, 6) is 6.45. The fourth-order valence-corrected chi connectivity index (χ4v) is 3.24. The standard InChI is InChI=1S/C26H21N/c1-27(2)26-19-24(18-23-10-6-7-11-25(23)26)22-16-14-21(15-17-22)13-12-20-8-4-3-5-9-20/h3-11,14-19H,1-2H3. The van der Waals surface area contributed by atoms with Crippen molar-refractivity contribution in [3.05, 3.63) is 102 Å². The topological polar surface area (TPSA) is 3.24 Å². The van der Waals surface area contributed by atoms with Crippen LogP contribution in [0.2, 0.25) is 0 Å². The van der Waals surface area contributed by atoms with Gasteiger partial charge in [0, 0.05) is 36.3 Å². The van der Waals surface area contributed by atoms with E-state index in [0.29, 0.717) is 0 Å². The van der Waals surface area contributed by atoms with Crippen molar-refractivity contribution in [3.8, 4) is 23.0 Å². The zero-order valence-electron chi connectivity index (χ0n) is 15.6. The number of hydrogen-bond acceptors (Lipinski definition) is 1. The van der Waals surface area contributed by atoms with Gasteiger partial charge in [0.25, 0.3) is 0 Å². The monoisotopic (exact) mass is 347 g/mol. The summed E-state index contributed by atoms with van der Waals surface area (Å²) < 4.78 is 0. The highest BCUT2D eigenvalue weighted by Gasteiger charge is 2.07. The van der Waals surface area contributed by atoms with Crippen molar-refractivity contribution in [1.82, 2.24) is 0 Å². The number of nitrogens with zero attached hydrogens (tertiary/aromatic N) is 1. The molecule has 0 unspecified atom stereocenters. The normalized spacial score (nSPS) is 10.3. The van der Waals surface area contributed by atoms with Crippen molar-refractivity contribution >= 4 is 16.5 Å². The Bertz CT molecular complexity index is 1130. The van der Waals surface area contributed by atoms with Crippen molar-refractivity contribution < 1.29 is 0 Å². The van der Waals surface area contributed by atoms with E-state index in [1.54, 1.807) is 0 Å². The third-order valence-corrected chi connectivity index (χ3v) is 4.66. The first-order chi connectivity index (χ1) is 13.2. The van der Waals surface area contributed by atoms with Crippen molar-refractivity contribution in [2.24, 2.45) is 0 Å². The summed E-state index contributed by atoms with van der Waals surface area (Å²) in [5, 5.41) is 2.53. The molecular weight excluding hydrogens is 326 g/mol. The minimum atomic E-state index is 1.02. The third kappa shape index (κ3) is 3.71. The summed E-state index contributed by atoms with van der Waals surface area (Å²) in [5.41, 5.74) is 5.72. The molecule has 0 aliphatic heterocycles. The molecule has 0 atom stereocenters. The molecule has 1 heteroatoms. The van der Waals surface area contributed by atoms with Crippen LogP contribution in [0.4, 0.5) is 5.69 Å². The quantitative estimate of drug-likeness (QED) is 0.404. The van der Waals surface area contributed by atoms with Crippen molar-refractivity contribution in [3.63, 3.8) is 0 Å². The second-order valence-electron chi connectivity index (χ2n) is 6.80. The molecule has 0 saturated heterocycles. The lowest BCUT2D eigenvalue weighted by Gasteiger charge is -2.17. The average molecular weight is 347 g/mol. The molecule has 0 aliphatic rings. The molecule has 0 saturated carbocycles. The van der Waals surface area contributed by atoms with Crippen LogP contribution in [0.1, 0.15) is 11.1 Å². The van der Waals surface area contributed by atoms with E-state index in [-0.39, 0.29) is 0 Å². The molecule has 0 heterocycles. The Hall–Kier alpha value is -3.50. The van der Waals surface area contributed by atoms with Gasteiger partial charge in [0.05, 0.1) is 0 Å². The van der Waals surface area contributed by atoms with Crippen LogP contribution >= 0.6 is 0 Å². The second kappa shape index (κ2) is 7.40. The molecule has 130 valence electrons. The largest absolute Gasteiger partial charge is 0.377 e. The van der Waals surface area contributed by atoms with E-state index < -0.39 is 0 Å². The first-order valence-corrected chi connectivity index (χ1v) is 9.08. The molecule has 4 aromatic carbocycles. The van der Waals surface area contributed by atoms with E-state index in [1.165, 1.54) is 27.6 Å². The van der Waals surface area contributed by atoms with Gasteiger partial charge in [-0.05, 0) is 52.9 Å². The van der Waals surface area contributed by atoms with Gasteiger partial charge < -0.3 is 4.90 Å². The maximum absolute atomic E-state index is 3.24. The Morgan fingerprint density at radius 1 is 0.593 bits per heavy atom. The number of rotatable bonds is 2. The van der Waals surface area contributed by atoms with Crippen LogP contribution in [0.25, 0.3) is 21.9 Å². The van der Waals surface area contributed by atoms with Crippen LogP contribution in [-0.4, -0.2) is 14.1 Å². The van der Waals surface area contributed by atoms with Gasteiger partial charge in [0.15, 0.2) is 0 Å². The van der Waals surface area contributed by atoms with Gasteiger partial charge in [-0.3, -0.25) is 0 Å². The van der Waals surface area contributed by atoms with E-state index in [0.717, 1.165) is 11.1 Å². The van der Waals surface area contributed by atoms with Crippen LogP contribution in [0, 0.1) is 11.8 Å². The lowest BCUT2D eigenvalue weighted by molar-refractivity contribution is 1.14. The van der Waals surface area contributed by atoms with Crippen LogP contribution in [0.15, 0.2) is 91.0 Å². The number of anilines is 1. The molecule has 27 heavy (non-hydrogen) atoms. The molecule has 1 nitrogen and oxygen atoms in total. The van der Waals surface area contributed by atoms with Gasteiger partial charge in [-0.25, -0.2) is 0 Å². The number of benzene rings is 4. The van der Waals surface area contributed by atoms with E-state index in [1.807, 2.05) is 30.3 Å². The Morgan fingerprint density at radius 3 is 1.93 bits per heavy atom. The Balaban J connectivity index is 1.69. The lowest BCUT2D eigenvalue weighted by atomic mass is 9.98. The lowest BCUT2D eigenvalue weighted by Crippen LogP contribution is -2.09. The SMILES string of the molecule is CN(C)c1cc(-c2ccc(C#Cc3ccccc3)cc2)cc2ccccc12. The maximum atomic E-state index is 3.24. The van der Waals surface area contributed by atoms with Crippen LogP contribution in [0.5, 0.6) is 0 Å². The molecule has 0 bridgehead atoms. The molecule has 4 aromatic rings. The Kier molecular flexibility index (Phi) is 4.64. The molecular formula is C26H21N. The molecule has 0 aromatic heterocycles. The highest BCUT2D eigenvalue weighted by molar-refractivity contribution is 5.98. The van der Waals surface area contributed by atoms with Gasteiger partial charge in [0.1, 0.15) is 0 Å². The highest BCUT2D eigenvalue weighted by atomic mass is 15.1. The minimum absolute atomic E-state index is 1.02. The van der Waals surface area contributed by atoms with E-state index >= 15 is 0 Å². The van der Waals surface area contributed by atoms with Gasteiger partial charge >= 0.3 is 0 Å². The first-order valence-electron chi connectivity index (χ1n) is 9.08. The smallest absolute Gasteiger partial charge is 0.0446 e. The van der Waals surface area contributed by atoms with Crippen LogP contribution in [-0.2, 0) is 0 Å². The van der Waals surface area contributed by atoms with Gasteiger partial charge in [0.2, 0.25) is 0 Å². The zero-order valence-corrected chi connectivity index (χ0v) is 15.6. The van der Waals surface area contributed by atoms with Crippen molar-refractivity contribution in [1.29, 1.82) is 0 Å². The predicted molar refractivity (Wildman–Crippen MR) is 116 cm³/mol. The molecule has 0 amide bonds. The van der Waals surface area contributed by atoms with Crippen LogP contribution in [0.3, 0.4) is 0 Å².